The summed E-state index contributed by atoms with van der Waals surface area (Å²) in [5.74, 6) is 1.52. The zero-order valence-electron chi connectivity index (χ0n) is 20.9. The third kappa shape index (κ3) is 3.57. The van der Waals surface area contributed by atoms with E-state index >= 15 is 0 Å². The van der Waals surface area contributed by atoms with Crippen molar-refractivity contribution in [1.29, 1.82) is 0 Å². The molecule has 2 aliphatic heterocycles. The first-order chi connectivity index (χ1) is 18.6. The molecule has 7 rings (SSSR count). The van der Waals surface area contributed by atoms with E-state index < -0.39 is 0 Å². The lowest BCUT2D eigenvalue weighted by Gasteiger charge is -2.35. The van der Waals surface area contributed by atoms with Gasteiger partial charge in [0, 0.05) is 24.5 Å². The van der Waals surface area contributed by atoms with E-state index in [0.29, 0.717) is 35.1 Å². The van der Waals surface area contributed by atoms with Gasteiger partial charge < -0.3 is 5.32 Å². The van der Waals surface area contributed by atoms with E-state index in [1.165, 1.54) is 6.07 Å². The minimum atomic E-state index is -0.354. The van der Waals surface area contributed by atoms with E-state index in [1.807, 2.05) is 59.3 Å². The topological polar surface area (TPSA) is 78.7 Å². The Morgan fingerprint density at radius 1 is 1.03 bits per heavy atom. The van der Waals surface area contributed by atoms with Gasteiger partial charge in [-0.05, 0) is 49.1 Å². The highest BCUT2D eigenvalue weighted by Crippen LogP contribution is 2.43. The molecule has 8 nitrogen and oxygen atoms in total. The molecule has 4 heterocycles. The first-order valence-electron chi connectivity index (χ1n) is 12.9. The number of rotatable bonds is 5. The van der Waals surface area contributed by atoms with Crippen molar-refractivity contribution in [1.82, 2.24) is 19.7 Å². The Morgan fingerprint density at radius 2 is 1.84 bits per heavy atom. The molecule has 1 amide bonds. The van der Waals surface area contributed by atoms with Gasteiger partial charge in [-0.1, -0.05) is 42.5 Å². The largest absolute Gasteiger partial charge is 0.338 e. The number of guanidine groups is 1. The van der Waals surface area contributed by atoms with Crippen molar-refractivity contribution in [2.75, 3.05) is 17.3 Å². The van der Waals surface area contributed by atoms with Gasteiger partial charge in [-0.25, -0.2) is 14.1 Å². The number of fused-ring (bicyclic) bond motifs is 5. The Morgan fingerprint density at radius 3 is 2.63 bits per heavy atom. The predicted octanol–water partition coefficient (Wildman–Crippen LogP) is 5.06. The number of anilines is 3. The highest BCUT2D eigenvalue weighted by molar-refractivity contribution is 6.21. The quantitative estimate of drug-likeness (QED) is 0.409. The van der Waals surface area contributed by atoms with Crippen molar-refractivity contribution in [3.05, 3.63) is 89.9 Å². The summed E-state index contributed by atoms with van der Waals surface area (Å²) in [4.78, 5) is 26.7. The number of aromatic nitrogens is 3. The number of nitrogens with zero attached hydrogens (tertiary/aromatic N) is 6. The molecule has 2 atom stereocenters. The maximum absolute atomic E-state index is 14.3. The number of hydrogen-bond donors (Lipinski definition) is 1. The normalized spacial score (nSPS) is 19.7. The Balaban J connectivity index is 1.30. The average molecular weight is 508 g/mol. The van der Waals surface area contributed by atoms with Gasteiger partial charge in [0.05, 0.1) is 18.6 Å². The Labute approximate surface area is 219 Å². The van der Waals surface area contributed by atoms with Crippen molar-refractivity contribution >= 4 is 29.2 Å². The molecule has 38 heavy (non-hydrogen) atoms. The van der Waals surface area contributed by atoms with Crippen LogP contribution in [0.5, 0.6) is 0 Å². The van der Waals surface area contributed by atoms with Gasteiger partial charge in [0.2, 0.25) is 5.96 Å². The summed E-state index contributed by atoms with van der Waals surface area (Å²) < 4.78 is 16.2. The number of carbonyl (C=O) groups excluding carboxylic acids is 1. The van der Waals surface area contributed by atoms with Crippen LogP contribution in [0.1, 0.15) is 35.2 Å². The number of carbonyl (C=O) groups is 1. The number of nitrogens with one attached hydrogen (secondary N) is 1. The second kappa shape index (κ2) is 8.79. The molecular weight excluding hydrogens is 481 g/mol. The fraction of sp³-hybridized carbons (Fsp3) is 0.241. The molecule has 2 aromatic heterocycles. The standard InChI is InChI=1S/C29H26FN7O/c1-35-28(38)24-26(32-20-7-3-2-4-8-20)34-36(27(24)37-23-11-5-10-22(23)33-29(35)37)17-18-12-14-19(15-13-18)25-21(30)9-6-16-31-25/h2-4,6-9,12-16,22-23H,5,10-11,17H2,1H3,(H,32,34)/t22-,23?/m1/s1. The molecule has 4 aromatic rings. The minimum Gasteiger partial charge on any atom is -0.338 e. The molecule has 1 aliphatic carbocycles. The summed E-state index contributed by atoms with van der Waals surface area (Å²) in [5.41, 5.74) is 3.42. The Kier molecular flexibility index (Phi) is 5.24. The zero-order valence-corrected chi connectivity index (χ0v) is 20.9. The van der Waals surface area contributed by atoms with Gasteiger partial charge in [0.1, 0.15) is 22.9 Å². The van der Waals surface area contributed by atoms with Crippen LogP contribution in [0.25, 0.3) is 11.3 Å². The molecule has 0 saturated heterocycles. The second-order valence-corrected chi connectivity index (χ2v) is 9.96. The van der Waals surface area contributed by atoms with Gasteiger partial charge in [-0.2, -0.15) is 5.10 Å². The second-order valence-electron chi connectivity index (χ2n) is 9.96. The monoisotopic (exact) mass is 507 g/mol. The number of pyridine rings is 1. The number of benzene rings is 2. The molecule has 0 spiro atoms. The summed E-state index contributed by atoms with van der Waals surface area (Å²) in [6.07, 6.45) is 4.75. The fourth-order valence-electron chi connectivity index (χ4n) is 5.78. The molecule has 9 heteroatoms. The van der Waals surface area contributed by atoms with Gasteiger partial charge in [-0.15, -0.1) is 0 Å². The molecule has 1 fully saturated rings. The lowest BCUT2D eigenvalue weighted by molar-refractivity contribution is 0.0865. The molecule has 1 N–H and O–H groups in total. The lowest BCUT2D eigenvalue weighted by Crippen LogP contribution is -2.52. The number of halogens is 1. The van der Waals surface area contributed by atoms with Crippen LogP contribution in [0.15, 0.2) is 77.9 Å². The third-order valence-electron chi connectivity index (χ3n) is 7.60. The van der Waals surface area contributed by atoms with E-state index in [0.717, 1.165) is 36.3 Å². The number of hydrogen-bond acceptors (Lipinski definition) is 6. The number of para-hydroxylation sites is 1. The fourth-order valence-corrected chi connectivity index (χ4v) is 5.78. The maximum Gasteiger partial charge on any atom is 0.267 e. The lowest BCUT2D eigenvalue weighted by atomic mass is 10.1. The van der Waals surface area contributed by atoms with Crippen LogP contribution in [-0.2, 0) is 6.54 Å². The predicted molar refractivity (Wildman–Crippen MR) is 144 cm³/mol. The zero-order chi connectivity index (χ0) is 25.8. The Bertz CT molecular complexity index is 1560. The van der Waals surface area contributed by atoms with Crippen molar-refractivity contribution in [2.45, 2.75) is 37.9 Å². The van der Waals surface area contributed by atoms with Crippen LogP contribution in [0.2, 0.25) is 0 Å². The van der Waals surface area contributed by atoms with E-state index in [1.54, 1.807) is 24.2 Å². The van der Waals surface area contributed by atoms with Crippen LogP contribution in [0.3, 0.4) is 0 Å². The molecule has 3 aliphatic rings. The smallest absolute Gasteiger partial charge is 0.267 e. The van der Waals surface area contributed by atoms with Gasteiger partial charge in [-0.3, -0.25) is 19.6 Å². The van der Waals surface area contributed by atoms with E-state index in [9.17, 15) is 9.18 Å². The van der Waals surface area contributed by atoms with Crippen molar-refractivity contribution < 1.29 is 9.18 Å². The van der Waals surface area contributed by atoms with Gasteiger partial charge in [0.25, 0.3) is 5.91 Å². The van der Waals surface area contributed by atoms with Gasteiger partial charge in [0.15, 0.2) is 5.82 Å². The van der Waals surface area contributed by atoms with E-state index in [2.05, 4.69) is 15.2 Å². The minimum absolute atomic E-state index is 0.124. The molecule has 0 bridgehead atoms. The molecule has 190 valence electrons. The van der Waals surface area contributed by atoms with Crippen molar-refractivity contribution in [2.24, 2.45) is 4.99 Å². The summed E-state index contributed by atoms with van der Waals surface area (Å²) in [5, 5.41) is 8.30. The molecular formula is C29H26FN7O. The van der Waals surface area contributed by atoms with Crippen LogP contribution >= 0.6 is 0 Å². The molecule has 1 saturated carbocycles. The van der Waals surface area contributed by atoms with Crippen molar-refractivity contribution in [3.8, 4) is 11.3 Å². The van der Waals surface area contributed by atoms with Crippen molar-refractivity contribution in [3.63, 3.8) is 0 Å². The average Bonchev–Trinajstić information content (AvgIpc) is 3.62. The van der Waals surface area contributed by atoms with Crippen LogP contribution in [0, 0.1) is 5.82 Å². The van der Waals surface area contributed by atoms with Crippen LogP contribution < -0.4 is 10.2 Å². The van der Waals surface area contributed by atoms with Gasteiger partial charge >= 0.3 is 0 Å². The first-order valence-corrected chi connectivity index (χ1v) is 12.9. The molecule has 0 radical (unpaired) electrons. The highest BCUT2D eigenvalue weighted by atomic mass is 19.1. The van der Waals surface area contributed by atoms with E-state index in [-0.39, 0.29) is 23.8 Å². The van der Waals surface area contributed by atoms with E-state index in [4.69, 9.17) is 10.1 Å². The third-order valence-corrected chi connectivity index (χ3v) is 7.60. The summed E-state index contributed by atoms with van der Waals surface area (Å²) in [6, 6.07) is 20.8. The first kappa shape index (κ1) is 22.7. The SMILES string of the molecule is CN1C(=O)c2c(Nc3ccccc3)nn(Cc3ccc(-c4ncccc4F)cc3)c2N2C1=N[C@@H]1CCCC12. The number of aliphatic imine (C=N–C) groups is 1. The summed E-state index contributed by atoms with van der Waals surface area (Å²) in [7, 11) is 1.79. The van der Waals surface area contributed by atoms with Crippen LogP contribution in [0.4, 0.5) is 21.7 Å². The molecule has 1 unspecified atom stereocenters. The summed E-state index contributed by atoms with van der Waals surface area (Å²) in [6.45, 7) is 0.446. The van der Waals surface area contributed by atoms with Crippen LogP contribution in [-0.4, -0.2) is 50.7 Å². The highest BCUT2D eigenvalue weighted by Gasteiger charge is 2.49. The summed E-state index contributed by atoms with van der Waals surface area (Å²) >= 11 is 0. The Hall–Kier alpha value is -4.53. The molecule has 2 aromatic carbocycles. The number of amides is 1. The maximum atomic E-state index is 14.3.